The van der Waals surface area contributed by atoms with E-state index >= 15 is 0 Å². The van der Waals surface area contributed by atoms with Crippen molar-refractivity contribution in [1.82, 2.24) is 9.80 Å². The zero-order chi connectivity index (χ0) is 17.2. The van der Waals surface area contributed by atoms with Crippen LogP contribution >= 0.6 is 11.6 Å². The first kappa shape index (κ1) is 16.9. The van der Waals surface area contributed by atoms with Crippen molar-refractivity contribution in [3.05, 3.63) is 34.9 Å². The number of benzene rings is 1. The molecular formula is C19H26ClN5. The van der Waals surface area contributed by atoms with Crippen LogP contribution in [0.4, 0.5) is 0 Å². The lowest BCUT2D eigenvalue weighted by Crippen LogP contribution is -2.48. The summed E-state index contributed by atoms with van der Waals surface area (Å²) in [6.07, 6.45) is 6.88. The molecule has 1 aromatic rings. The summed E-state index contributed by atoms with van der Waals surface area (Å²) in [6, 6.07) is 9.71. The van der Waals surface area contributed by atoms with Crippen LogP contribution in [-0.4, -0.2) is 53.2 Å². The van der Waals surface area contributed by atoms with Gasteiger partial charge in [0.25, 0.3) is 0 Å². The molecule has 1 aromatic carbocycles. The van der Waals surface area contributed by atoms with E-state index in [4.69, 9.17) is 17.3 Å². The van der Waals surface area contributed by atoms with Gasteiger partial charge < -0.3 is 10.6 Å². The second-order valence-corrected chi connectivity index (χ2v) is 7.80. The third-order valence-corrected chi connectivity index (χ3v) is 5.99. The molecule has 0 aromatic heterocycles. The maximum Gasteiger partial charge on any atom is 0.135 e. The first-order chi connectivity index (χ1) is 12.2. The van der Waals surface area contributed by atoms with Crippen molar-refractivity contribution in [2.45, 2.75) is 50.6 Å². The maximum absolute atomic E-state index is 6.01. The van der Waals surface area contributed by atoms with Crippen LogP contribution in [-0.2, 0) is 6.42 Å². The van der Waals surface area contributed by atoms with Crippen LogP contribution in [0.3, 0.4) is 0 Å². The number of nitrogens with zero attached hydrogens (tertiary/aromatic N) is 4. The minimum absolute atomic E-state index is 0.639. The Morgan fingerprint density at radius 2 is 1.80 bits per heavy atom. The smallest absolute Gasteiger partial charge is 0.135 e. The number of hydrogen-bond acceptors (Lipinski definition) is 5. The molecule has 1 atom stereocenters. The van der Waals surface area contributed by atoms with Crippen LogP contribution in [0.5, 0.6) is 0 Å². The zero-order valence-electron chi connectivity index (χ0n) is 14.6. The van der Waals surface area contributed by atoms with Crippen molar-refractivity contribution in [3.63, 3.8) is 0 Å². The lowest BCUT2D eigenvalue weighted by atomic mass is 9.98. The van der Waals surface area contributed by atoms with E-state index < -0.39 is 0 Å². The number of halogens is 1. The van der Waals surface area contributed by atoms with E-state index in [1.807, 2.05) is 12.1 Å². The molecule has 2 N–H and O–H groups in total. The molecule has 1 unspecified atom stereocenters. The Bertz CT molecular complexity index is 661. The van der Waals surface area contributed by atoms with Crippen molar-refractivity contribution in [2.75, 3.05) is 19.6 Å². The first-order valence-corrected chi connectivity index (χ1v) is 9.71. The van der Waals surface area contributed by atoms with E-state index in [0.29, 0.717) is 24.3 Å². The van der Waals surface area contributed by atoms with Gasteiger partial charge in [0.2, 0.25) is 0 Å². The fourth-order valence-corrected chi connectivity index (χ4v) is 4.56. The van der Waals surface area contributed by atoms with Gasteiger partial charge in [-0.15, -0.1) is 10.2 Å². The van der Waals surface area contributed by atoms with Crippen LogP contribution in [0.2, 0.25) is 5.02 Å². The minimum Gasteiger partial charge on any atom is -0.385 e. The van der Waals surface area contributed by atoms with Crippen molar-refractivity contribution >= 4 is 23.3 Å². The molecule has 0 amide bonds. The molecule has 5 nitrogen and oxygen atoms in total. The van der Waals surface area contributed by atoms with Gasteiger partial charge in [0.1, 0.15) is 11.7 Å². The standard InChI is InChI=1S/C19H26ClN5/c20-15-5-3-14(4-6-15)12-17-2-1-9-25(17)16-7-10-24(11-8-16)19-13-18(21)22-23-19/h3-6,16-17H,1-2,7-13H2,(H2,21,22). The second kappa shape index (κ2) is 7.34. The van der Waals surface area contributed by atoms with Crippen molar-refractivity contribution in [3.8, 4) is 0 Å². The van der Waals surface area contributed by atoms with E-state index in [1.54, 1.807) is 0 Å². The largest absolute Gasteiger partial charge is 0.385 e. The van der Waals surface area contributed by atoms with Gasteiger partial charge in [-0.05, 0) is 56.3 Å². The van der Waals surface area contributed by atoms with E-state index in [1.165, 1.54) is 37.8 Å². The third kappa shape index (κ3) is 3.82. The zero-order valence-corrected chi connectivity index (χ0v) is 15.3. The molecule has 134 valence electrons. The van der Waals surface area contributed by atoms with Gasteiger partial charge >= 0.3 is 0 Å². The molecule has 0 bridgehead atoms. The molecule has 25 heavy (non-hydrogen) atoms. The number of nitrogens with two attached hydrogens (primary N) is 1. The average Bonchev–Trinajstić information content (AvgIpc) is 3.26. The SMILES string of the molecule is NC1=NN=C(N2CCC(N3CCCC3Cc3ccc(Cl)cc3)CC2)C1. The summed E-state index contributed by atoms with van der Waals surface area (Å²) in [5.74, 6) is 1.69. The van der Waals surface area contributed by atoms with E-state index in [0.717, 1.165) is 30.4 Å². The summed E-state index contributed by atoms with van der Waals surface area (Å²) in [4.78, 5) is 5.12. The lowest BCUT2D eigenvalue weighted by molar-refractivity contribution is 0.123. The summed E-state index contributed by atoms with van der Waals surface area (Å²) in [5, 5.41) is 9.02. The highest BCUT2D eigenvalue weighted by Gasteiger charge is 2.33. The fourth-order valence-electron chi connectivity index (χ4n) is 4.44. The summed E-state index contributed by atoms with van der Waals surface area (Å²) < 4.78 is 0. The highest BCUT2D eigenvalue weighted by molar-refractivity contribution is 6.30. The molecule has 3 heterocycles. The van der Waals surface area contributed by atoms with Crippen molar-refractivity contribution in [2.24, 2.45) is 15.9 Å². The van der Waals surface area contributed by atoms with Crippen molar-refractivity contribution < 1.29 is 0 Å². The molecule has 6 heteroatoms. The topological polar surface area (TPSA) is 57.2 Å². The number of amidine groups is 2. The van der Waals surface area contributed by atoms with Gasteiger partial charge in [0.05, 0.1) is 6.42 Å². The van der Waals surface area contributed by atoms with Gasteiger partial charge in [-0.3, -0.25) is 4.90 Å². The van der Waals surface area contributed by atoms with Gasteiger partial charge in [-0.2, -0.15) is 0 Å². The Morgan fingerprint density at radius 3 is 2.48 bits per heavy atom. The van der Waals surface area contributed by atoms with Crippen LogP contribution in [0, 0.1) is 0 Å². The number of hydrogen-bond donors (Lipinski definition) is 1. The van der Waals surface area contributed by atoms with Crippen LogP contribution in [0.1, 0.15) is 37.7 Å². The van der Waals surface area contributed by atoms with Gasteiger partial charge in [-0.1, -0.05) is 23.7 Å². The second-order valence-electron chi connectivity index (χ2n) is 7.37. The highest BCUT2D eigenvalue weighted by atomic mass is 35.5. The van der Waals surface area contributed by atoms with Crippen molar-refractivity contribution in [1.29, 1.82) is 0 Å². The van der Waals surface area contributed by atoms with Gasteiger partial charge in [0, 0.05) is 30.2 Å². The van der Waals surface area contributed by atoms with Crippen LogP contribution in [0.15, 0.2) is 34.5 Å². The summed E-state index contributed by atoms with van der Waals surface area (Å²) in [7, 11) is 0. The molecule has 0 aliphatic carbocycles. The number of rotatable bonds is 3. The molecule has 0 saturated carbocycles. The lowest BCUT2D eigenvalue weighted by Gasteiger charge is -2.40. The molecule has 2 saturated heterocycles. The average molecular weight is 360 g/mol. The maximum atomic E-state index is 6.01. The Balaban J connectivity index is 1.33. The molecule has 0 spiro atoms. The molecule has 2 fully saturated rings. The Labute approximate surface area is 154 Å². The molecule has 0 radical (unpaired) electrons. The molecule has 3 aliphatic heterocycles. The molecule has 4 rings (SSSR count). The quantitative estimate of drug-likeness (QED) is 0.902. The van der Waals surface area contributed by atoms with Crippen LogP contribution < -0.4 is 5.73 Å². The summed E-state index contributed by atoms with van der Waals surface area (Å²) >= 11 is 6.01. The minimum atomic E-state index is 0.639. The van der Waals surface area contributed by atoms with Crippen LogP contribution in [0.25, 0.3) is 0 Å². The Morgan fingerprint density at radius 1 is 1.04 bits per heavy atom. The normalized spacial score (nSPS) is 25.3. The van der Waals surface area contributed by atoms with Gasteiger partial charge in [-0.25, -0.2) is 0 Å². The van der Waals surface area contributed by atoms with Gasteiger partial charge in [0.15, 0.2) is 0 Å². The molecular weight excluding hydrogens is 334 g/mol. The Hall–Kier alpha value is -1.59. The number of likely N-dealkylation sites (tertiary alicyclic amines) is 2. The third-order valence-electron chi connectivity index (χ3n) is 5.74. The highest BCUT2D eigenvalue weighted by Crippen LogP contribution is 2.29. The number of piperidine rings is 1. The predicted molar refractivity (Wildman–Crippen MR) is 103 cm³/mol. The molecule has 3 aliphatic rings. The monoisotopic (exact) mass is 359 g/mol. The van der Waals surface area contributed by atoms with E-state index in [-0.39, 0.29) is 0 Å². The fraction of sp³-hybridized carbons (Fsp3) is 0.579. The summed E-state index contributed by atoms with van der Waals surface area (Å²) in [5.41, 5.74) is 7.15. The van der Waals surface area contributed by atoms with E-state index in [9.17, 15) is 0 Å². The summed E-state index contributed by atoms with van der Waals surface area (Å²) in [6.45, 7) is 3.37. The first-order valence-electron chi connectivity index (χ1n) is 9.33. The Kier molecular flexibility index (Phi) is 4.95. The predicted octanol–water partition coefficient (Wildman–Crippen LogP) is 2.89. The van der Waals surface area contributed by atoms with E-state index in [2.05, 4.69) is 32.1 Å².